The van der Waals surface area contributed by atoms with Crippen molar-refractivity contribution in [2.24, 2.45) is 0 Å². The van der Waals surface area contributed by atoms with E-state index in [1.807, 2.05) is 6.92 Å². The van der Waals surface area contributed by atoms with Crippen molar-refractivity contribution in [2.45, 2.75) is 13.3 Å². The summed E-state index contributed by atoms with van der Waals surface area (Å²) in [6.45, 7) is 2.04. The third-order valence-electron chi connectivity index (χ3n) is 1.71. The maximum absolute atomic E-state index is 10.2. The number of ether oxygens (including phenoxy) is 1. The molecule has 0 aliphatic heterocycles. The van der Waals surface area contributed by atoms with Crippen LogP contribution in [0.2, 0.25) is 5.02 Å². The van der Waals surface area contributed by atoms with Gasteiger partial charge in [0.1, 0.15) is 5.75 Å². The molecule has 14 heavy (non-hydrogen) atoms. The Labute approximate surface area is 87.3 Å². The third kappa shape index (κ3) is 3.26. The molecule has 0 radical (unpaired) electrons. The van der Waals surface area contributed by atoms with Gasteiger partial charge in [0.15, 0.2) is 0 Å². The molecule has 0 aliphatic rings. The van der Waals surface area contributed by atoms with Gasteiger partial charge < -0.3 is 9.84 Å². The Kier molecular flexibility index (Phi) is 3.77. The van der Waals surface area contributed by atoms with Gasteiger partial charge in [0.05, 0.1) is 13.0 Å². The van der Waals surface area contributed by atoms with Crippen LogP contribution in [0.4, 0.5) is 0 Å². The van der Waals surface area contributed by atoms with Gasteiger partial charge in [0.25, 0.3) is 0 Å². The number of carbonyl (C=O) groups is 1. The first-order chi connectivity index (χ1) is 6.59. The van der Waals surface area contributed by atoms with E-state index in [1.54, 1.807) is 18.2 Å². The van der Waals surface area contributed by atoms with E-state index in [2.05, 4.69) is 0 Å². The van der Waals surface area contributed by atoms with Crippen molar-refractivity contribution in [3.05, 3.63) is 28.8 Å². The maximum Gasteiger partial charge on any atom is 0.306 e. The molecule has 1 aromatic carbocycles. The second kappa shape index (κ2) is 4.86. The highest BCUT2D eigenvalue weighted by Crippen LogP contribution is 2.20. The molecule has 0 heterocycles. The Hall–Kier alpha value is -1.22. The quantitative estimate of drug-likeness (QED) is 0.838. The Bertz CT molecular complexity index is 336. The molecule has 0 fully saturated rings. The number of aliphatic carboxylic acids is 1. The molecule has 0 unspecified atom stereocenters. The minimum atomic E-state index is -0.865. The van der Waals surface area contributed by atoms with E-state index in [-0.39, 0.29) is 13.0 Å². The zero-order chi connectivity index (χ0) is 10.6. The highest BCUT2D eigenvalue weighted by atomic mass is 35.5. The van der Waals surface area contributed by atoms with E-state index >= 15 is 0 Å². The normalized spacial score (nSPS) is 9.86. The molecule has 4 heteroatoms. The van der Waals surface area contributed by atoms with Crippen molar-refractivity contribution >= 4 is 17.6 Å². The fraction of sp³-hybridized carbons (Fsp3) is 0.300. The van der Waals surface area contributed by atoms with Gasteiger partial charge in [-0.15, -0.1) is 0 Å². The van der Waals surface area contributed by atoms with Crippen LogP contribution in [0.1, 0.15) is 12.0 Å². The van der Waals surface area contributed by atoms with Gasteiger partial charge in [-0.05, 0) is 30.7 Å². The van der Waals surface area contributed by atoms with Gasteiger partial charge in [-0.1, -0.05) is 11.6 Å². The summed E-state index contributed by atoms with van der Waals surface area (Å²) in [5.41, 5.74) is 0.916. The molecule has 0 saturated heterocycles. The summed E-state index contributed by atoms with van der Waals surface area (Å²) in [5, 5.41) is 9.07. The zero-order valence-electron chi connectivity index (χ0n) is 7.79. The second-order valence-electron chi connectivity index (χ2n) is 2.90. The van der Waals surface area contributed by atoms with Gasteiger partial charge in [-0.3, -0.25) is 4.79 Å². The van der Waals surface area contributed by atoms with E-state index < -0.39 is 5.97 Å². The van der Waals surface area contributed by atoms with E-state index in [4.69, 9.17) is 21.4 Å². The molecule has 76 valence electrons. The second-order valence-corrected chi connectivity index (χ2v) is 3.31. The molecule has 0 saturated carbocycles. The van der Waals surface area contributed by atoms with E-state index in [0.717, 1.165) is 5.56 Å². The standard InChI is InChI=1S/C10H11ClO3/c1-7-6-8(2-3-9(7)11)14-5-4-10(12)13/h2-3,6H,4-5H2,1H3,(H,12,13). The fourth-order valence-corrected chi connectivity index (χ4v) is 1.08. The van der Waals surface area contributed by atoms with Crippen molar-refractivity contribution in [1.29, 1.82) is 0 Å². The van der Waals surface area contributed by atoms with Crippen LogP contribution in [0.5, 0.6) is 5.75 Å². The van der Waals surface area contributed by atoms with Gasteiger partial charge in [0, 0.05) is 5.02 Å². The summed E-state index contributed by atoms with van der Waals surface area (Å²) < 4.78 is 5.21. The summed E-state index contributed by atoms with van der Waals surface area (Å²) in [4.78, 5) is 10.2. The molecule has 0 atom stereocenters. The minimum absolute atomic E-state index is 0.00166. The lowest BCUT2D eigenvalue weighted by Gasteiger charge is -2.05. The molecular formula is C10H11ClO3. The molecule has 0 amide bonds. The summed E-state index contributed by atoms with van der Waals surface area (Å²) >= 11 is 5.82. The predicted molar refractivity (Wildman–Crippen MR) is 53.9 cm³/mol. The topological polar surface area (TPSA) is 46.5 Å². The lowest BCUT2D eigenvalue weighted by atomic mass is 10.2. The van der Waals surface area contributed by atoms with Crippen molar-refractivity contribution in [3.8, 4) is 5.75 Å². The van der Waals surface area contributed by atoms with Crippen LogP contribution < -0.4 is 4.74 Å². The van der Waals surface area contributed by atoms with Gasteiger partial charge >= 0.3 is 5.97 Å². The SMILES string of the molecule is Cc1cc(OCCC(=O)O)ccc1Cl. The first-order valence-corrected chi connectivity index (χ1v) is 4.58. The number of carboxylic acid groups (broad SMARTS) is 1. The molecule has 0 spiro atoms. The Balaban J connectivity index is 2.51. The van der Waals surface area contributed by atoms with Crippen LogP contribution in [0, 0.1) is 6.92 Å². The fourth-order valence-electron chi connectivity index (χ4n) is 0.963. The maximum atomic E-state index is 10.2. The molecule has 1 N–H and O–H groups in total. The Morgan fingerprint density at radius 1 is 1.57 bits per heavy atom. The Morgan fingerprint density at radius 2 is 2.29 bits per heavy atom. The predicted octanol–water partition coefficient (Wildman–Crippen LogP) is 2.50. The third-order valence-corrected chi connectivity index (χ3v) is 2.14. The van der Waals surface area contributed by atoms with E-state index in [0.29, 0.717) is 10.8 Å². The number of hydrogen-bond donors (Lipinski definition) is 1. The van der Waals surface area contributed by atoms with Gasteiger partial charge in [0.2, 0.25) is 0 Å². The summed E-state index contributed by atoms with van der Waals surface area (Å²) in [7, 11) is 0. The largest absolute Gasteiger partial charge is 0.493 e. The number of rotatable bonds is 4. The van der Waals surface area contributed by atoms with E-state index in [9.17, 15) is 4.79 Å². The number of benzene rings is 1. The highest BCUT2D eigenvalue weighted by molar-refractivity contribution is 6.31. The molecule has 0 aromatic heterocycles. The first kappa shape index (κ1) is 10.9. The summed E-state index contributed by atoms with van der Waals surface area (Å²) in [6, 6.07) is 5.23. The lowest BCUT2D eigenvalue weighted by Crippen LogP contribution is -2.04. The average molecular weight is 215 g/mol. The Morgan fingerprint density at radius 3 is 2.86 bits per heavy atom. The molecular weight excluding hydrogens is 204 g/mol. The molecule has 1 aromatic rings. The number of carboxylic acids is 1. The number of hydrogen-bond acceptors (Lipinski definition) is 2. The van der Waals surface area contributed by atoms with Crippen LogP contribution in [-0.2, 0) is 4.79 Å². The van der Waals surface area contributed by atoms with Gasteiger partial charge in [-0.25, -0.2) is 0 Å². The summed E-state index contributed by atoms with van der Waals surface area (Å²) in [5.74, 6) is -0.219. The molecule has 3 nitrogen and oxygen atoms in total. The van der Waals surface area contributed by atoms with Crippen molar-refractivity contribution in [3.63, 3.8) is 0 Å². The van der Waals surface area contributed by atoms with Crippen LogP contribution in [0.15, 0.2) is 18.2 Å². The monoisotopic (exact) mass is 214 g/mol. The van der Waals surface area contributed by atoms with Crippen molar-refractivity contribution in [2.75, 3.05) is 6.61 Å². The number of aryl methyl sites for hydroxylation is 1. The van der Waals surface area contributed by atoms with E-state index in [1.165, 1.54) is 0 Å². The minimum Gasteiger partial charge on any atom is -0.493 e. The van der Waals surface area contributed by atoms with Gasteiger partial charge in [-0.2, -0.15) is 0 Å². The van der Waals surface area contributed by atoms with Crippen LogP contribution >= 0.6 is 11.6 Å². The van der Waals surface area contributed by atoms with Crippen molar-refractivity contribution in [1.82, 2.24) is 0 Å². The molecule has 1 rings (SSSR count). The average Bonchev–Trinajstić information content (AvgIpc) is 2.10. The molecule has 0 bridgehead atoms. The van der Waals surface area contributed by atoms with Crippen LogP contribution in [0.25, 0.3) is 0 Å². The van der Waals surface area contributed by atoms with Crippen LogP contribution in [0.3, 0.4) is 0 Å². The molecule has 0 aliphatic carbocycles. The smallest absolute Gasteiger partial charge is 0.306 e. The first-order valence-electron chi connectivity index (χ1n) is 4.20. The zero-order valence-corrected chi connectivity index (χ0v) is 8.54. The highest BCUT2D eigenvalue weighted by Gasteiger charge is 2.00. The van der Waals surface area contributed by atoms with Crippen LogP contribution in [-0.4, -0.2) is 17.7 Å². The lowest BCUT2D eigenvalue weighted by molar-refractivity contribution is -0.137. The number of halogens is 1. The van der Waals surface area contributed by atoms with Crippen molar-refractivity contribution < 1.29 is 14.6 Å². The summed E-state index contributed by atoms with van der Waals surface area (Å²) in [6.07, 6.45) is 0.00166.